The van der Waals surface area contributed by atoms with Gasteiger partial charge in [0.25, 0.3) is 0 Å². The van der Waals surface area contributed by atoms with Gasteiger partial charge in [-0.15, -0.1) is 0 Å². The summed E-state index contributed by atoms with van der Waals surface area (Å²) in [5.74, 6) is 0. The van der Waals surface area contributed by atoms with Crippen LogP contribution in [0.5, 0.6) is 0 Å². The fourth-order valence-electron chi connectivity index (χ4n) is 3.02. The number of nitrogens with zero attached hydrogens (tertiary/aromatic N) is 2. The molecule has 0 aliphatic rings. The second-order valence-corrected chi connectivity index (χ2v) is 13.8. The van der Waals surface area contributed by atoms with E-state index in [1.54, 1.807) is 43.2 Å². The molecule has 33 heavy (non-hydrogen) atoms. The Labute approximate surface area is 230 Å². The van der Waals surface area contributed by atoms with Gasteiger partial charge in [-0.3, -0.25) is 0 Å². The molecule has 1 rings (SSSR count). The van der Waals surface area contributed by atoms with E-state index in [-0.39, 0.29) is 0 Å². The number of rotatable bonds is 16. The molecule has 0 aliphatic heterocycles. The molecule has 0 spiro atoms. The van der Waals surface area contributed by atoms with E-state index in [2.05, 4.69) is 62.6 Å². The molecule has 0 N–H and O–H groups in total. The number of hydrogen-bond donors (Lipinski definition) is 0. The van der Waals surface area contributed by atoms with Crippen LogP contribution in [0, 0.1) is 6.92 Å². The molecule has 0 aliphatic carbocycles. The normalized spacial score (nSPS) is 10.9. The highest BCUT2D eigenvalue weighted by molar-refractivity contribution is 8.84. The summed E-state index contributed by atoms with van der Waals surface area (Å²) in [6.07, 6.45) is 9.63. The van der Waals surface area contributed by atoms with Crippen molar-refractivity contribution in [2.24, 2.45) is 0 Å². The highest BCUT2D eigenvalue weighted by atomic mass is 33.1. The van der Waals surface area contributed by atoms with Gasteiger partial charge in [-0.25, -0.2) is 0 Å². The maximum absolute atomic E-state index is 5.77. The van der Waals surface area contributed by atoms with Crippen LogP contribution in [-0.2, 0) is 0 Å². The summed E-state index contributed by atoms with van der Waals surface area (Å²) in [6.45, 7) is 15.4. The minimum absolute atomic E-state index is 1.01. The second kappa shape index (κ2) is 19.6. The first kappa shape index (κ1) is 31.4. The molecule has 0 heterocycles. The lowest BCUT2D eigenvalue weighted by Gasteiger charge is -2.24. The zero-order valence-corrected chi connectivity index (χ0v) is 26.0. The van der Waals surface area contributed by atoms with Crippen LogP contribution in [0.25, 0.3) is 0 Å². The summed E-state index contributed by atoms with van der Waals surface area (Å²) in [6, 6.07) is 6.73. The smallest absolute Gasteiger partial charge is 0.147 e. The first-order valence-electron chi connectivity index (χ1n) is 12.3. The van der Waals surface area contributed by atoms with Crippen molar-refractivity contribution in [1.29, 1.82) is 0 Å². The predicted molar refractivity (Wildman–Crippen MR) is 166 cm³/mol. The Bertz CT molecular complexity index is 681. The molecule has 0 fully saturated rings. The lowest BCUT2D eigenvalue weighted by atomic mass is 10.2. The van der Waals surface area contributed by atoms with Crippen molar-refractivity contribution < 1.29 is 0 Å². The van der Waals surface area contributed by atoms with Crippen molar-refractivity contribution in [2.45, 2.75) is 95.8 Å². The molecule has 0 atom stereocenters. The van der Waals surface area contributed by atoms with Crippen LogP contribution in [-0.4, -0.2) is 44.6 Å². The van der Waals surface area contributed by atoms with E-state index in [1.807, 2.05) is 0 Å². The molecule has 0 bridgehead atoms. The van der Waals surface area contributed by atoms with Gasteiger partial charge in [0.1, 0.15) is 8.64 Å². The highest BCUT2D eigenvalue weighted by Gasteiger charge is 2.13. The molecule has 0 saturated heterocycles. The van der Waals surface area contributed by atoms with Crippen LogP contribution in [0.4, 0.5) is 0 Å². The molecule has 0 amide bonds. The van der Waals surface area contributed by atoms with Crippen LogP contribution >= 0.6 is 67.6 Å². The maximum atomic E-state index is 5.77. The summed E-state index contributed by atoms with van der Waals surface area (Å²) in [5.41, 5.74) is 1.30. The van der Waals surface area contributed by atoms with Gasteiger partial charge < -0.3 is 9.80 Å². The van der Waals surface area contributed by atoms with E-state index in [1.165, 1.54) is 66.7 Å². The third-order valence-corrected chi connectivity index (χ3v) is 11.5. The van der Waals surface area contributed by atoms with Gasteiger partial charge in [-0.1, -0.05) is 88.6 Å². The topological polar surface area (TPSA) is 6.48 Å². The van der Waals surface area contributed by atoms with Crippen LogP contribution in [0.15, 0.2) is 28.0 Å². The Hall–Kier alpha value is 0.400. The second-order valence-electron chi connectivity index (χ2n) is 8.18. The van der Waals surface area contributed by atoms with Gasteiger partial charge >= 0.3 is 0 Å². The van der Waals surface area contributed by atoms with Crippen molar-refractivity contribution in [3.8, 4) is 0 Å². The Morgan fingerprint density at radius 3 is 1.52 bits per heavy atom. The van der Waals surface area contributed by atoms with E-state index in [4.69, 9.17) is 24.4 Å². The number of thiocarbonyl (C=S) groups is 2. The predicted octanol–water partition coefficient (Wildman–Crippen LogP) is 9.85. The first-order valence-corrected chi connectivity index (χ1v) is 17.5. The minimum Gasteiger partial charge on any atom is -0.357 e. The van der Waals surface area contributed by atoms with Crippen molar-refractivity contribution in [2.75, 3.05) is 26.2 Å². The van der Waals surface area contributed by atoms with Gasteiger partial charge in [0.2, 0.25) is 0 Å². The Morgan fingerprint density at radius 2 is 1.12 bits per heavy atom. The van der Waals surface area contributed by atoms with Gasteiger partial charge in [-0.2, -0.15) is 0 Å². The summed E-state index contributed by atoms with van der Waals surface area (Å²) in [5, 5.41) is 0. The summed E-state index contributed by atoms with van der Waals surface area (Å²) < 4.78 is 2.03. The standard InChI is InChI=1S/C25H42N2S6/c1-6-10-16-26(17-11-7-2)24(28)32-30-22-14-15-23(21(5)20-22)31-33-25(29)27(18-12-8-3)19-13-9-4/h14-15,20H,6-13,16-19H2,1-5H3. The number of benzene rings is 1. The zero-order chi connectivity index (χ0) is 24.5. The highest BCUT2D eigenvalue weighted by Crippen LogP contribution is 2.39. The van der Waals surface area contributed by atoms with E-state index in [9.17, 15) is 0 Å². The van der Waals surface area contributed by atoms with Crippen LogP contribution in [0.2, 0.25) is 0 Å². The quantitative estimate of drug-likeness (QED) is 0.143. The van der Waals surface area contributed by atoms with Gasteiger partial charge in [0.05, 0.1) is 0 Å². The lowest BCUT2D eigenvalue weighted by molar-refractivity contribution is 0.411. The van der Waals surface area contributed by atoms with Crippen LogP contribution in [0.3, 0.4) is 0 Å². The fraction of sp³-hybridized carbons (Fsp3) is 0.680. The number of aryl methyl sites for hydroxylation is 1. The van der Waals surface area contributed by atoms with Crippen molar-refractivity contribution >= 4 is 76.3 Å². The van der Waals surface area contributed by atoms with E-state index < -0.39 is 0 Å². The SMILES string of the molecule is CCCCN(CCCC)C(=S)SSc1ccc(SSC(=S)N(CCCC)CCCC)c(C)c1. The van der Waals surface area contributed by atoms with Crippen LogP contribution < -0.4 is 0 Å². The largest absolute Gasteiger partial charge is 0.357 e. The molecule has 1 aromatic carbocycles. The van der Waals surface area contributed by atoms with Gasteiger partial charge in [-0.05, 0) is 88.8 Å². The fourth-order valence-corrected chi connectivity index (χ4v) is 8.06. The molecule has 0 unspecified atom stereocenters. The molecular weight excluding hydrogens is 521 g/mol. The van der Waals surface area contributed by atoms with Gasteiger partial charge in [0, 0.05) is 36.0 Å². The first-order chi connectivity index (χ1) is 16.0. The van der Waals surface area contributed by atoms with E-state index in [0.717, 1.165) is 34.8 Å². The number of hydrogen-bond acceptors (Lipinski definition) is 6. The average Bonchev–Trinajstić information content (AvgIpc) is 2.82. The van der Waals surface area contributed by atoms with Crippen molar-refractivity contribution in [3.63, 3.8) is 0 Å². The Kier molecular flexibility index (Phi) is 18.6. The maximum Gasteiger partial charge on any atom is 0.147 e. The molecular formula is C25H42N2S6. The summed E-state index contributed by atoms with van der Waals surface area (Å²) >= 11 is 11.5. The molecule has 8 heteroatoms. The molecule has 0 aromatic heterocycles. The molecule has 1 aromatic rings. The van der Waals surface area contributed by atoms with E-state index in [0.29, 0.717) is 0 Å². The monoisotopic (exact) mass is 562 g/mol. The molecule has 0 radical (unpaired) electrons. The number of unbranched alkanes of at least 4 members (excludes halogenated alkanes) is 4. The van der Waals surface area contributed by atoms with Crippen molar-refractivity contribution in [1.82, 2.24) is 9.80 Å². The molecule has 0 saturated carbocycles. The zero-order valence-electron chi connectivity index (χ0n) is 21.1. The third-order valence-electron chi connectivity index (χ3n) is 5.20. The van der Waals surface area contributed by atoms with Crippen LogP contribution in [0.1, 0.15) is 84.6 Å². The van der Waals surface area contributed by atoms with E-state index >= 15 is 0 Å². The molecule has 2 nitrogen and oxygen atoms in total. The summed E-state index contributed by atoms with van der Waals surface area (Å²) in [7, 11) is 7.02. The Balaban J connectivity index is 2.61. The minimum atomic E-state index is 1.01. The average molecular weight is 563 g/mol. The van der Waals surface area contributed by atoms with Crippen molar-refractivity contribution in [3.05, 3.63) is 23.8 Å². The Morgan fingerprint density at radius 1 is 0.697 bits per heavy atom. The molecule has 188 valence electrons. The third kappa shape index (κ3) is 13.3. The van der Waals surface area contributed by atoms with Gasteiger partial charge in [0.15, 0.2) is 0 Å². The summed E-state index contributed by atoms with van der Waals surface area (Å²) in [4.78, 5) is 7.32. The lowest BCUT2D eigenvalue weighted by Crippen LogP contribution is -2.29.